The minimum atomic E-state index is -0.679. The third-order valence-electron chi connectivity index (χ3n) is 4.55. The zero-order valence-corrected chi connectivity index (χ0v) is 12.3. The van der Waals surface area contributed by atoms with Gasteiger partial charge in [-0.25, -0.2) is 4.98 Å². The summed E-state index contributed by atoms with van der Waals surface area (Å²) in [5.74, 6) is 0.385. The van der Waals surface area contributed by atoms with Gasteiger partial charge in [-0.1, -0.05) is 32.3 Å². The molecule has 1 aromatic rings. The fourth-order valence-electron chi connectivity index (χ4n) is 3.37. The number of hydrogen-bond donors (Lipinski definition) is 1. The molecule has 0 saturated heterocycles. The van der Waals surface area contributed by atoms with Gasteiger partial charge in [0.05, 0.1) is 12.5 Å². The molecule has 1 aliphatic carbocycles. The second-order valence-corrected chi connectivity index (χ2v) is 5.80. The van der Waals surface area contributed by atoms with Crippen LogP contribution in [-0.2, 0) is 11.2 Å². The molecular weight excluding hydrogens is 254 g/mol. The number of rotatable bonds is 5. The van der Waals surface area contributed by atoms with Crippen molar-refractivity contribution in [1.82, 2.24) is 4.98 Å². The smallest absolute Gasteiger partial charge is 0.309 e. The third kappa shape index (κ3) is 2.94. The van der Waals surface area contributed by atoms with Gasteiger partial charge in [0.15, 0.2) is 0 Å². The molecule has 110 valence electrons. The predicted octanol–water partition coefficient (Wildman–Crippen LogP) is 3.30. The van der Waals surface area contributed by atoms with Crippen LogP contribution in [0.15, 0.2) is 18.3 Å². The molecule has 2 rings (SSSR count). The van der Waals surface area contributed by atoms with Crippen LogP contribution in [0.2, 0.25) is 0 Å². The lowest BCUT2D eigenvalue weighted by atomic mass is 9.66. The van der Waals surface area contributed by atoms with Crippen molar-refractivity contribution in [3.63, 3.8) is 0 Å². The van der Waals surface area contributed by atoms with Crippen LogP contribution in [0.5, 0.6) is 5.88 Å². The van der Waals surface area contributed by atoms with Gasteiger partial charge >= 0.3 is 5.97 Å². The number of nitrogens with zero attached hydrogens (tertiary/aromatic N) is 1. The molecule has 0 bridgehead atoms. The zero-order chi connectivity index (χ0) is 14.6. The molecule has 2 atom stereocenters. The Balaban J connectivity index is 2.27. The lowest BCUT2D eigenvalue weighted by molar-refractivity contribution is -0.152. The Kier molecular flexibility index (Phi) is 4.63. The summed E-state index contributed by atoms with van der Waals surface area (Å²) >= 11 is 0. The van der Waals surface area contributed by atoms with E-state index in [-0.39, 0.29) is 0 Å². The maximum absolute atomic E-state index is 11.9. The number of hydrogen-bond acceptors (Lipinski definition) is 3. The van der Waals surface area contributed by atoms with Crippen molar-refractivity contribution >= 4 is 5.97 Å². The predicted molar refractivity (Wildman–Crippen MR) is 76.8 cm³/mol. The van der Waals surface area contributed by atoms with E-state index in [0.29, 0.717) is 18.2 Å². The van der Waals surface area contributed by atoms with Crippen LogP contribution >= 0.6 is 0 Å². The molecule has 2 unspecified atom stereocenters. The molecule has 1 heterocycles. The highest BCUT2D eigenvalue weighted by Crippen LogP contribution is 2.44. The van der Waals surface area contributed by atoms with Gasteiger partial charge in [-0.15, -0.1) is 0 Å². The van der Waals surface area contributed by atoms with Gasteiger partial charge < -0.3 is 9.84 Å². The number of carboxylic acids is 1. The van der Waals surface area contributed by atoms with Crippen LogP contribution in [0, 0.1) is 11.3 Å². The Labute approximate surface area is 120 Å². The van der Waals surface area contributed by atoms with E-state index in [1.807, 2.05) is 12.1 Å². The number of ether oxygens (including phenoxy) is 1. The summed E-state index contributed by atoms with van der Waals surface area (Å²) in [4.78, 5) is 16.1. The number of carbonyl (C=O) groups is 1. The van der Waals surface area contributed by atoms with Gasteiger partial charge in [0.25, 0.3) is 0 Å². The van der Waals surface area contributed by atoms with Gasteiger partial charge in [0.2, 0.25) is 5.88 Å². The molecule has 0 aliphatic heterocycles. The van der Waals surface area contributed by atoms with Crippen LogP contribution in [-0.4, -0.2) is 23.2 Å². The summed E-state index contributed by atoms with van der Waals surface area (Å²) in [6, 6.07) is 3.76. The molecule has 0 radical (unpaired) electrons. The van der Waals surface area contributed by atoms with Crippen molar-refractivity contribution in [3.8, 4) is 5.88 Å². The molecule has 1 saturated carbocycles. The number of carboxylic acid groups (broad SMARTS) is 1. The van der Waals surface area contributed by atoms with Crippen molar-refractivity contribution in [3.05, 3.63) is 23.9 Å². The molecular formula is C16H23NO3. The molecule has 0 spiro atoms. The van der Waals surface area contributed by atoms with Crippen molar-refractivity contribution in [1.29, 1.82) is 0 Å². The maximum atomic E-state index is 11.9. The molecule has 1 aromatic heterocycles. The van der Waals surface area contributed by atoms with Gasteiger partial charge in [-0.3, -0.25) is 4.79 Å². The van der Waals surface area contributed by atoms with E-state index in [9.17, 15) is 9.90 Å². The quantitative estimate of drug-likeness (QED) is 0.897. The summed E-state index contributed by atoms with van der Waals surface area (Å²) < 4.78 is 5.26. The molecule has 0 aromatic carbocycles. The highest BCUT2D eigenvalue weighted by molar-refractivity contribution is 5.75. The van der Waals surface area contributed by atoms with Crippen LogP contribution in [0.4, 0.5) is 0 Å². The van der Waals surface area contributed by atoms with Gasteiger partial charge in [-0.05, 0) is 31.2 Å². The minimum absolute atomic E-state index is 0.510. The van der Waals surface area contributed by atoms with E-state index in [0.717, 1.165) is 37.7 Å². The summed E-state index contributed by atoms with van der Waals surface area (Å²) in [7, 11) is 1.58. The molecule has 1 fully saturated rings. The molecule has 1 N–H and O–H groups in total. The van der Waals surface area contributed by atoms with Crippen molar-refractivity contribution in [2.24, 2.45) is 11.3 Å². The number of pyridine rings is 1. The summed E-state index contributed by atoms with van der Waals surface area (Å²) in [6.45, 7) is 2.15. The van der Waals surface area contributed by atoms with Gasteiger partial charge in [0, 0.05) is 11.8 Å². The van der Waals surface area contributed by atoms with Crippen LogP contribution < -0.4 is 4.74 Å². The average Bonchev–Trinajstić information content (AvgIpc) is 2.48. The average molecular weight is 277 g/mol. The molecule has 4 heteroatoms. The topological polar surface area (TPSA) is 59.4 Å². The van der Waals surface area contributed by atoms with E-state index in [4.69, 9.17) is 4.74 Å². The monoisotopic (exact) mass is 277 g/mol. The van der Waals surface area contributed by atoms with E-state index >= 15 is 0 Å². The van der Waals surface area contributed by atoms with E-state index in [1.54, 1.807) is 13.3 Å². The first kappa shape index (κ1) is 14.8. The maximum Gasteiger partial charge on any atom is 0.309 e. The second kappa shape index (κ2) is 6.25. The third-order valence-corrected chi connectivity index (χ3v) is 4.55. The fraction of sp³-hybridized carbons (Fsp3) is 0.625. The highest BCUT2D eigenvalue weighted by atomic mass is 16.5. The molecule has 4 nitrogen and oxygen atoms in total. The zero-order valence-electron chi connectivity index (χ0n) is 12.3. The van der Waals surface area contributed by atoms with E-state index in [2.05, 4.69) is 11.9 Å². The first-order valence-electron chi connectivity index (χ1n) is 7.32. The normalized spacial score (nSPS) is 26.2. The number of aromatic nitrogens is 1. The summed E-state index contributed by atoms with van der Waals surface area (Å²) in [6.07, 6.45) is 6.89. The first-order valence-corrected chi connectivity index (χ1v) is 7.32. The molecule has 1 aliphatic rings. The number of aliphatic carboxylic acids is 1. The van der Waals surface area contributed by atoms with Gasteiger partial charge in [-0.2, -0.15) is 0 Å². The van der Waals surface area contributed by atoms with E-state index in [1.165, 1.54) is 0 Å². The lowest BCUT2D eigenvalue weighted by Crippen LogP contribution is -2.38. The van der Waals surface area contributed by atoms with E-state index < -0.39 is 11.4 Å². The molecule has 0 amide bonds. The summed E-state index contributed by atoms with van der Waals surface area (Å²) in [5.41, 5.74) is 0.240. The second-order valence-electron chi connectivity index (χ2n) is 5.80. The Morgan fingerprint density at radius 3 is 3.05 bits per heavy atom. The standard InChI is InChI=1S/C16H23NO3/c1-3-12-6-4-8-16(10-12,15(18)19)11-13-7-5-9-17-14(13)20-2/h5,7,9,12H,3-4,6,8,10-11H2,1-2H3,(H,18,19). The van der Waals surface area contributed by atoms with Gasteiger partial charge in [0.1, 0.15) is 0 Å². The fourth-order valence-corrected chi connectivity index (χ4v) is 3.37. The van der Waals surface area contributed by atoms with Crippen molar-refractivity contribution in [2.75, 3.05) is 7.11 Å². The van der Waals surface area contributed by atoms with Crippen LogP contribution in [0.1, 0.15) is 44.6 Å². The lowest BCUT2D eigenvalue weighted by Gasteiger charge is -2.37. The van der Waals surface area contributed by atoms with Crippen LogP contribution in [0.25, 0.3) is 0 Å². The first-order chi connectivity index (χ1) is 9.61. The Bertz CT molecular complexity index is 475. The Morgan fingerprint density at radius 2 is 2.40 bits per heavy atom. The highest BCUT2D eigenvalue weighted by Gasteiger charge is 2.43. The largest absolute Gasteiger partial charge is 0.481 e. The minimum Gasteiger partial charge on any atom is -0.481 e. The Hall–Kier alpha value is -1.58. The SMILES string of the molecule is CCC1CCCC(Cc2cccnc2OC)(C(=O)O)C1. The van der Waals surface area contributed by atoms with Crippen LogP contribution in [0.3, 0.4) is 0 Å². The Morgan fingerprint density at radius 1 is 1.60 bits per heavy atom. The van der Waals surface area contributed by atoms with Crippen molar-refractivity contribution in [2.45, 2.75) is 45.4 Å². The summed E-state index contributed by atoms with van der Waals surface area (Å²) in [5, 5.41) is 9.77. The van der Waals surface area contributed by atoms with Crippen molar-refractivity contribution < 1.29 is 14.6 Å². The molecule has 20 heavy (non-hydrogen) atoms. The number of methoxy groups -OCH3 is 1.